The molecule has 4 heteroatoms. The molecule has 1 unspecified atom stereocenters. The molecule has 1 fully saturated rings. The Balaban J connectivity index is 2.04. The van der Waals surface area contributed by atoms with Crippen LogP contribution in [0.4, 0.5) is 0 Å². The van der Waals surface area contributed by atoms with Crippen LogP contribution in [-0.4, -0.2) is 6.54 Å². The average Bonchev–Trinajstić information content (AvgIpc) is 2.75. The largest absolute Gasteiger partial charge is 0.310 e. The van der Waals surface area contributed by atoms with Gasteiger partial charge in [0, 0.05) is 6.04 Å². The monoisotopic (exact) mass is 407 g/mol. The Morgan fingerprint density at radius 2 is 2.05 bits per heavy atom. The highest BCUT2D eigenvalue weighted by atomic mass is 79.9. The maximum Gasteiger partial charge on any atom is 0.0758 e. The van der Waals surface area contributed by atoms with Crippen molar-refractivity contribution in [2.45, 2.75) is 57.9 Å². The zero-order valence-electron chi connectivity index (χ0n) is 11.6. The van der Waals surface area contributed by atoms with Crippen LogP contribution >= 0.6 is 43.2 Å². The van der Waals surface area contributed by atoms with Gasteiger partial charge in [0.2, 0.25) is 0 Å². The van der Waals surface area contributed by atoms with Crippen molar-refractivity contribution in [3.8, 4) is 0 Å². The van der Waals surface area contributed by atoms with Gasteiger partial charge < -0.3 is 5.32 Å². The molecule has 2 rings (SSSR count). The molecule has 108 valence electrons. The molecule has 0 aromatic carbocycles. The maximum atomic E-state index is 3.74. The molecule has 1 saturated carbocycles. The van der Waals surface area contributed by atoms with Crippen LogP contribution in [0.1, 0.15) is 63.5 Å². The summed E-state index contributed by atoms with van der Waals surface area (Å²) in [6, 6.07) is 2.80. The van der Waals surface area contributed by atoms with Gasteiger partial charge in [0.05, 0.1) is 7.57 Å². The Bertz CT molecular complexity index is 385. The highest BCUT2D eigenvalue weighted by Gasteiger charge is 2.22. The molecule has 1 aliphatic rings. The highest BCUT2D eigenvalue weighted by Crippen LogP contribution is 2.39. The summed E-state index contributed by atoms with van der Waals surface area (Å²) in [6.07, 6.45) is 9.64. The molecular weight excluding hydrogens is 386 g/mol. The maximum absolute atomic E-state index is 3.74. The summed E-state index contributed by atoms with van der Waals surface area (Å²) < 4.78 is 2.50. The first-order valence-corrected chi connectivity index (χ1v) is 9.79. The van der Waals surface area contributed by atoms with Crippen LogP contribution < -0.4 is 5.32 Å². The van der Waals surface area contributed by atoms with Gasteiger partial charge in [-0.05, 0) is 68.8 Å². The van der Waals surface area contributed by atoms with E-state index in [0.29, 0.717) is 6.04 Å². The molecule has 0 radical (unpaired) electrons. The van der Waals surface area contributed by atoms with Crippen LogP contribution in [0.3, 0.4) is 0 Å². The summed E-state index contributed by atoms with van der Waals surface area (Å²) in [5, 5.41) is 3.74. The number of hydrogen-bond acceptors (Lipinski definition) is 2. The zero-order chi connectivity index (χ0) is 13.7. The van der Waals surface area contributed by atoms with Gasteiger partial charge in [0.15, 0.2) is 0 Å². The van der Waals surface area contributed by atoms with Crippen molar-refractivity contribution in [2.24, 2.45) is 5.92 Å². The minimum absolute atomic E-state index is 0.514. The Kier molecular flexibility index (Phi) is 6.87. The Morgan fingerprint density at radius 1 is 1.32 bits per heavy atom. The van der Waals surface area contributed by atoms with Crippen LogP contribution in [0.5, 0.6) is 0 Å². The number of thiophene rings is 1. The van der Waals surface area contributed by atoms with Crippen LogP contribution in [-0.2, 0) is 0 Å². The molecule has 0 amide bonds. The van der Waals surface area contributed by atoms with Crippen molar-refractivity contribution in [1.29, 1.82) is 0 Å². The standard InChI is InChI=1S/C15H23Br2NS/c1-2-8-18-13(9-11-6-4-3-5-7-11)12-10-14(16)19-15(12)17/h10-11,13,18H,2-9H2,1H3. The SMILES string of the molecule is CCCNC(CC1CCCCC1)c1cc(Br)sc1Br. The summed E-state index contributed by atoms with van der Waals surface area (Å²) in [6.45, 7) is 3.35. The molecule has 0 saturated heterocycles. The number of hydrogen-bond donors (Lipinski definition) is 1. The Morgan fingerprint density at radius 3 is 2.63 bits per heavy atom. The summed E-state index contributed by atoms with van der Waals surface area (Å²) in [4.78, 5) is 0. The predicted octanol–water partition coefficient (Wildman–Crippen LogP) is 6.28. The fourth-order valence-corrected chi connectivity index (χ4v) is 5.96. The second-order valence-electron chi connectivity index (χ2n) is 5.53. The van der Waals surface area contributed by atoms with E-state index in [1.165, 1.54) is 58.1 Å². The normalized spacial score (nSPS) is 18.7. The van der Waals surface area contributed by atoms with E-state index in [2.05, 4.69) is 50.2 Å². The van der Waals surface area contributed by atoms with Crippen molar-refractivity contribution in [3.63, 3.8) is 0 Å². The van der Waals surface area contributed by atoms with Gasteiger partial charge >= 0.3 is 0 Å². The molecule has 0 bridgehead atoms. The lowest BCUT2D eigenvalue weighted by atomic mass is 9.83. The van der Waals surface area contributed by atoms with E-state index in [9.17, 15) is 0 Å². The number of nitrogens with one attached hydrogen (secondary N) is 1. The third kappa shape index (κ3) is 4.83. The fourth-order valence-electron chi connectivity index (χ4n) is 2.99. The number of rotatable bonds is 6. The van der Waals surface area contributed by atoms with Crippen molar-refractivity contribution in [3.05, 3.63) is 19.2 Å². The lowest BCUT2D eigenvalue weighted by Crippen LogP contribution is -2.25. The van der Waals surface area contributed by atoms with Crippen LogP contribution in [0.15, 0.2) is 13.6 Å². The van der Waals surface area contributed by atoms with Crippen LogP contribution in [0, 0.1) is 5.92 Å². The second kappa shape index (κ2) is 8.16. The van der Waals surface area contributed by atoms with E-state index in [0.717, 1.165) is 12.5 Å². The molecule has 1 aliphatic carbocycles. The molecule has 1 nitrogen and oxygen atoms in total. The third-order valence-electron chi connectivity index (χ3n) is 3.99. The third-order valence-corrected chi connectivity index (χ3v) is 6.38. The molecule has 19 heavy (non-hydrogen) atoms. The molecule has 1 aromatic rings. The lowest BCUT2D eigenvalue weighted by molar-refractivity contribution is 0.300. The summed E-state index contributed by atoms with van der Waals surface area (Å²) in [5.74, 6) is 0.911. The van der Waals surface area contributed by atoms with Gasteiger partial charge in [-0.3, -0.25) is 0 Å². The summed E-state index contributed by atoms with van der Waals surface area (Å²) >= 11 is 9.11. The zero-order valence-corrected chi connectivity index (χ0v) is 15.5. The van der Waals surface area contributed by atoms with E-state index in [-0.39, 0.29) is 0 Å². The van der Waals surface area contributed by atoms with Gasteiger partial charge in [-0.15, -0.1) is 11.3 Å². The van der Waals surface area contributed by atoms with Crippen molar-refractivity contribution >= 4 is 43.2 Å². The van der Waals surface area contributed by atoms with Crippen LogP contribution in [0.25, 0.3) is 0 Å². The fraction of sp³-hybridized carbons (Fsp3) is 0.733. The molecule has 1 aromatic heterocycles. The quantitative estimate of drug-likeness (QED) is 0.583. The first-order chi connectivity index (χ1) is 9.20. The molecule has 1 heterocycles. The highest BCUT2D eigenvalue weighted by molar-refractivity contribution is 9.12. The van der Waals surface area contributed by atoms with Crippen LogP contribution in [0.2, 0.25) is 0 Å². The second-order valence-corrected chi connectivity index (χ2v) is 9.28. The Hall–Kier alpha value is 0.620. The van der Waals surface area contributed by atoms with Crippen molar-refractivity contribution in [1.82, 2.24) is 5.32 Å². The minimum Gasteiger partial charge on any atom is -0.310 e. The molecule has 0 aliphatic heterocycles. The lowest BCUT2D eigenvalue weighted by Gasteiger charge is -2.27. The predicted molar refractivity (Wildman–Crippen MR) is 91.9 cm³/mol. The van der Waals surface area contributed by atoms with Crippen molar-refractivity contribution in [2.75, 3.05) is 6.54 Å². The van der Waals surface area contributed by atoms with E-state index in [1.54, 1.807) is 11.3 Å². The first kappa shape index (κ1) is 16.0. The Labute approximate surface area is 137 Å². The molecular formula is C15H23Br2NS. The van der Waals surface area contributed by atoms with Gasteiger partial charge in [-0.1, -0.05) is 39.0 Å². The molecule has 1 N–H and O–H groups in total. The molecule has 1 atom stereocenters. The first-order valence-electron chi connectivity index (χ1n) is 7.38. The summed E-state index contributed by atoms with van der Waals surface area (Å²) in [5.41, 5.74) is 1.44. The number of halogens is 2. The van der Waals surface area contributed by atoms with Gasteiger partial charge in [-0.2, -0.15) is 0 Å². The summed E-state index contributed by atoms with van der Waals surface area (Å²) in [7, 11) is 0. The molecule has 0 spiro atoms. The van der Waals surface area contributed by atoms with Crippen molar-refractivity contribution < 1.29 is 0 Å². The van der Waals surface area contributed by atoms with E-state index < -0.39 is 0 Å². The van der Waals surface area contributed by atoms with E-state index >= 15 is 0 Å². The van der Waals surface area contributed by atoms with Gasteiger partial charge in [0.25, 0.3) is 0 Å². The average molecular weight is 409 g/mol. The van der Waals surface area contributed by atoms with E-state index in [4.69, 9.17) is 0 Å². The smallest absolute Gasteiger partial charge is 0.0758 e. The minimum atomic E-state index is 0.514. The topological polar surface area (TPSA) is 12.0 Å². The van der Waals surface area contributed by atoms with E-state index in [1.807, 2.05) is 0 Å². The van der Waals surface area contributed by atoms with Gasteiger partial charge in [-0.25, -0.2) is 0 Å². The van der Waals surface area contributed by atoms with Gasteiger partial charge in [0.1, 0.15) is 0 Å².